The highest BCUT2D eigenvalue weighted by Gasteiger charge is 2.14. The van der Waals surface area contributed by atoms with Crippen molar-refractivity contribution in [3.05, 3.63) is 359 Å². The Morgan fingerprint density at radius 2 is 0.529 bits per heavy atom. The summed E-state index contributed by atoms with van der Waals surface area (Å²) in [6, 6.07) is 112. The smallest absolute Gasteiger partial charge is 0.271 e. The van der Waals surface area contributed by atoms with Crippen molar-refractivity contribution in [3.8, 4) is 17.6 Å². The SMILES string of the molecule is CN(c1ccc(C#N)cc1)c1ccc2ccccc2c1.CN(c1ccc([N+](=O)[O-])cc1)c1ccc2ccccc2c1.CN(c1cccc([N+](=O)[O-])c1)c1ccc2ccccc2c1.COc1ccc(N(C)c2ccc3ccccc3c2)cc1.COc1cccc(N(C)c2ccc3ccccc3c2)c1. The van der Waals surface area contributed by atoms with Gasteiger partial charge in [-0.1, -0.05) is 164 Å². The number of ether oxygens (including phenoxy) is 2. The molecule has 0 aliphatic rings. The first-order chi connectivity index (χ1) is 49.6. The number of nitro groups is 2. The van der Waals surface area contributed by atoms with Crippen molar-refractivity contribution in [2.75, 3.05) is 74.0 Å². The minimum Gasteiger partial charge on any atom is -0.497 e. The Balaban J connectivity index is 0.000000128. The molecule has 0 spiro atoms. The number of nitriles is 1. The molecule has 504 valence electrons. The van der Waals surface area contributed by atoms with Crippen molar-refractivity contribution in [3.63, 3.8) is 0 Å². The molecule has 15 aromatic rings. The molecule has 0 aliphatic heterocycles. The van der Waals surface area contributed by atoms with Crippen LogP contribution in [0.25, 0.3) is 53.9 Å². The molecule has 0 unspecified atom stereocenters. The third-order valence-corrected chi connectivity index (χ3v) is 17.8. The van der Waals surface area contributed by atoms with Gasteiger partial charge in [-0.3, -0.25) is 20.2 Å². The fourth-order valence-electron chi connectivity index (χ4n) is 11.7. The summed E-state index contributed by atoms with van der Waals surface area (Å²) in [5.41, 5.74) is 11.4. The fourth-order valence-corrected chi connectivity index (χ4v) is 11.7. The maximum absolute atomic E-state index is 10.9. The van der Waals surface area contributed by atoms with E-state index < -0.39 is 0 Å². The lowest BCUT2D eigenvalue weighted by Gasteiger charge is -2.20. The molecule has 15 aromatic carbocycles. The van der Waals surface area contributed by atoms with E-state index in [1.165, 1.54) is 72.4 Å². The summed E-state index contributed by atoms with van der Waals surface area (Å²) in [6.07, 6.45) is 0. The molecular weight excluding hydrogens is 1270 g/mol. The zero-order valence-corrected chi connectivity index (χ0v) is 57.8. The molecule has 0 saturated heterocycles. The average molecular weight is 1340 g/mol. The second kappa shape index (κ2) is 33.2. The van der Waals surface area contributed by atoms with Crippen molar-refractivity contribution in [1.82, 2.24) is 0 Å². The van der Waals surface area contributed by atoms with Gasteiger partial charge in [-0.05, 0) is 193 Å². The molecule has 15 rings (SSSR count). The van der Waals surface area contributed by atoms with Gasteiger partial charge in [0.2, 0.25) is 0 Å². The van der Waals surface area contributed by atoms with Crippen LogP contribution in [0.3, 0.4) is 0 Å². The number of hydrogen-bond donors (Lipinski definition) is 0. The van der Waals surface area contributed by atoms with Crippen LogP contribution >= 0.6 is 0 Å². The van der Waals surface area contributed by atoms with Gasteiger partial charge in [0, 0.05) is 122 Å². The summed E-state index contributed by atoms with van der Waals surface area (Å²) in [6.45, 7) is 0. The van der Waals surface area contributed by atoms with E-state index in [-0.39, 0.29) is 21.2 Å². The largest absolute Gasteiger partial charge is 0.497 e. The lowest BCUT2D eigenvalue weighted by molar-refractivity contribution is -0.385. The molecule has 0 saturated carbocycles. The first-order valence-electron chi connectivity index (χ1n) is 33.0. The quantitative estimate of drug-likeness (QED) is 0.0755. The lowest BCUT2D eigenvalue weighted by atomic mass is 10.1. The van der Waals surface area contributed by atoms with Crippen molar-refractivity contribution < 1.29 is 19.3 Å². The highest BCUT2D eigenvalue weighted by atomic mass is 16.6. The van der Waals surface area contributed by atoms with Crippen LogP contribution in [0.5, 0.6) is 11.5 Å². The predicted molar refractivity (Wildman–Crippen MR) is 423 cm³/mol. The molecule has 0 aromatic heterocycles. The zero-order valence-electron chi connectivity index (χ0n) is 57.8. The molecule has 0 N–H and O–H groups in total. The summed E-state index contributed by atoms with van der Waals surface area (Å²) >= 11 is 0. The molecule has 14 nitrogen and oxygen atoms in total. The standard InChI is InChI=1S/C18H14N2.2C18H17NO.2C17H14N2O2/c1-20(17-9-6-14(13-19)7-10-17)18-11-8-15-4-2-3-5-16(15)12-18;1-19(16-8-5-9-18(13-16)20-2)17-11-10-14-6-3-4-7-15(14)12-17;1-19(16-9-11-18(20-2)12-10-16)17-8-7-14-5-3-4-6-15(14)13-17;1-18(15-7-4-8-17(12-15)19(20)21)16-10-9-13-5-2-3-6-14(13)11-16;1-18(15-8-10-16(11-9-15)19(20)21)17-7-6-13-4-2-3-5-14(13)12-17/h2-12H,1H3;2*3-13H,1-2H3;2*2-12H,1H3. The van der Waals surface area contributed by atoms with E-state index in [1.807, 2.05) is 140 Å². The van der Waals surface area contributed by atoms with Gasteiger partial charge in [0.1, 0.15) is 11.5 Å². The second-order valence-corrected chi connectivity index (χ2v) is 24.1. The average Bonchev–Trinajstić information content (AvgIpc) is 0.847. The summed E-state index contributed by atoms with van der Waals surface area (Å²) in [5.74, 6) is 1.75. The monoisotopic (exact) mass is 1340 g/mol. The minimum absolute atomic E-state index is 0.0974. The lowest BCUT2D eigenvalue weighted by Crippen LogP contribution is -2.09. The highest BCUT2D eigenvalue weighted by molar-refractivity contribution is 5.91. The number of methoxy groups -OCH3 is 2. The van der Waals surface area contributed by atoms with E-state index in [2.05, 4.69) is 217 Å². The molecule has 0 aliphatic carbocycles. The number of nitro benzene ring substituents is 2. The van der Waals surface area contributed by atoms with Crippen LogP contribution in [0.1, 0.15) is 5.56 Å². The molecule has 102 heavy (non-hydrogen) atoms. The van der Waals surface area contributed by atoms with Crippen LogP contribution < -0.4 is 34.0 Å². The summed E-state index contributed by atoms with van der Waals surface area (Å²) < 4.78 is 10.5. The first kappa shape index (κ1) is 69.8. The Morgan fingerprint density at radius 3 is 0.843 bits per heavy atom. The number of fused-ring (bicyclic) bond motifs is 5. The minimum atomic E-state index is -0.389. The molecule has 0 radical (unpaired) electrons. The van der Waals surface area contributed by atoms with Gasteiger partial charge in [-0.2, -0.15) is 5.26 Å². The number of benzene rings is 15. The van der Waals surface area contributed by atoms with E-state index in [1.54, 1.807) is 38.5 Å². The number of hydrogen-bond acceptors (Lipinski definition) is 12. The summed E-state index contributed by atoms with van der Waals surface area (Å²) in [4.78, 5) is 31.2. The van der Waals surface area contributed by atoms with Crippen LogP contribution in [-0.2, 0) is 0 Å². The maximum atomic E-state index is 10.9. The first-order valence-corrected chi connectivity index (χ1v) is 33.0. The molecule has 0 amide bonds. The van der Waals surface area contributed by atoms with Crippen LogP contribution in [-0.4, -0.2) is 59.3 Å². The van der Waals surface area contributed by atoms with Gasteiger partial charge < -0.3 is 34.0 Å². The van der Waals surface area contributed by atoms with Crippen molar-refractivity contribution in [1.29, 1.82) is 5.26 Å². The van der Waals surface area contributed by atoms with Gasteiger partial charge in [0.05, 0.1) is 35.7 Å². The second-order valence-electron chi connectivity index (χ2n) is 24.1. The van der Waals surface area contributed by atoms with E-state index >= 15 is 0 Å². The predicted octanol–water partition coefficient (Wildman–Crippen LogP) is 22.7. The van der Waals surface area contributed by atoms with E-state index in [0.29, 0.717) is 5.56 Å². The van der Waals surface area contributed by atoms with Crippen LogP contribution in [0, 0.1) is 31.6 Å². The molecular formula is C88H76N8O6. The topological polar surface area (TPSA) is 145 Å². The number of non-ortho nitro benzene ring substituents is 2. The third-order valence-electron chi connectivity index (χ3n) is 17.8. The Bertz CT molecular complexity index is 5420. The molecule has 14 heteroatoms. The summed E-state index contributed by atoms with van der Waals surface area (Å²) in [5, 5.41) is 42.6. The fraction of sp³-hybridized carbons (Fsp3) is 0.0795. The third kappa shape index (κ3) is 17.4. The molecule has 0 fully saturated rings. The molecule has 0 heterocycles. The Kier molecular flexibility index (Phi) is 22.7. The number of anilines is 10. The number of rotatable bonds is 14. The Hall–Kier alpha value is -13.5. The molecule has 0 bridgehead atoms. The van der Waals surface area contributed by atoms with E-state index in [4.69, 9.17) is 14.7 Å². The van der Waals surface area contributed by atoms with Crippen molar-refractivity contribution in [2.45, 2.75) is 0 Å². The molecule has 0 atom stereocenters. The van der Waals surface area contributed by atoms with Gasteiger partial charge in [0.25, 0.3) is 11.4 Å². The maximum Gasteiger partial charge on any atom is 0.271 e. The van der Waals surface area contributed by atoms with Gasteiger partial charge in [-0.25, -0.2) is 0 Å². The Morgan fingerprint density at radius 1 is 0.265 bits per heavy atom. The van der Waals surface area contributed by atoms with Gasteiger partial charge >= 0.3 is 0 Å². The number of nitrogens with zero attached hydrogens (tertiary/aromatic N) is 8. The normalized spacial score (nSPS) is 10.5. The van der Waals surface area contributed by atoms with E-state index in [9.17, 15) is 20.2 Å². The van der Waals surface area contributed by atoms with Crippen molar-refractivity contribution >= 4 is 122 Å². The van der Waals surface area contributed by atoms with E-state index in [0.717, 1.165) is 68.1 Å². The van der Waals surface area contributed by atoms with Crippen LogP contribution in [0.15, 0.2) is 334 Å². The van der Waals surface area contributed by atoms with Gasteiger partial charge in [-0.15, -0.1) is 0 Å². The van der Waals surface area contributed by atoms with Crippen LogP contribution in [0.2, 0.25) is 0 Å². The zero-order chi connectivity index (χ0) is 71.5. The van der Waals surface area contributed by atoms with Crippen LogP contribution in [0.4, 0.5) is 68.2 Å². The Labute approximate surface area is 594 Å². The van der Waals surface area contributed by atoms with Crippen molar-refractivity contribution in [2.24, 2.45) is 0 Å². The van der Waals surface area contributed by atoms with Gasteiger partial charge in [0.15, 0.2) is 0 Å². The summed E-state index contributed by atoms with van der Waals surface area (Å²) in [7, 11) is 13.4. The highest BCUT2D eigenvalue weighted by Crippen LogP contribution is 2.35.